The van der Waals surface area contributed by atoms with E-state index in [1.807, 2.05) is 17.9 Å². The number of aromatic nitrogens is 2. The van der Waals surface area contributed by atoms with Crippen molar-refractivity contribution >= 4 is 17.8 Å². The van der Waals surface area contributed by atoms with Crippen LogP contribution in [-0.4, -0.2) is 84.3 Å². The fourth-order valence-electron chi connectivity index (χ4n) is 5.61. The highest BCUT2D eigenvalue weighted by atomic mass is 16.5. The van der Waals surface area contributed by atoms with E-state index >= 15 is 0 Å². The number of benzene rings is 1. The second-order valence-corrected chi connectivity index (χ2v) is 10.2. The molecule has 2 atom stereocenters. The van der Waals surface area contributed by atoms with Gasteiger partial charge < -0.3 is 30.5 Å². The van der Waals surface area contributed by atoms with Crippen molar-refractivity contribution in [2.45, 2.75) is 57.7 Å². The number of nitrogens with two attached hydrogens (primary N) is 1. The standard InChI is InChI=1S/C27H39N7O2/c1-3-36-24-7-5-4-6-22(24)30-27(35)34-11-10-19-8-9-20(16-21(19)18-34)23-17-25(31-26(28)29-23)33-14-12-32(2)13-15-33/h8-9,16-17,22,24H,3-7,10-15,18H2,1-2H3,(H,30,35)(H2,28,29,31). The Hall–Kier alpha value is -2.91. The number of rotatable bonds is 5. The van der Waals surface area contributed by atoms with Gasteiger partial charge in [-0.3, -0.25) is 0 Å². The van der Waals surface area contributed by atoms with Crippen LogP contribution < -0.4 is 16.0 Å². The Morgan fingerprint density at radius 2 is 1.89 bits per heavy atom. The molecule has 0 bridgehead atoms. The van der Waals surface area contributed by atoms with Crippen molar-refractivity contribution in [3.63, 3.8) is 0 Å². The third-order valence-corrected chi connectivity index (χ3v) is 7.75. The molecule has 1 saturated carbocycles. The number of hydrogen-bond donors (Lipinski definition) is 2. The van der Waals surface area contributed by atoms with E-state index in [2.05, 4.69) is 50.3 Å². The summed E-state index contributed by atoms with van der Waals surface area (Å²) in [5.74, 6) is 1.16. The maximum absolute atomic E-state index is 13.2. The van der Waals surface area contributed by atoms with Crippen LogP contribution in [-0.2, 0) is 17.7 Å². The molecule has 3 N–H and O–H groups in total. The summed E-state index contributed by atoms with van der Waals surface area (Å²) in [6, 6.07) is 8.57. The first-order chi connectivity index (χ1) is 17.5. The molecule has 3 aliphatic rings. The highest BCUT2D eigenvalue weighted by Gasteiger charge is 2.29. The first kappa shape index (κ1) is 24.8. The summed E-state index contributed by atoms with van der Waals surface area (Å²) in [5.41, 5.74) is 10.4. The lowest BCUT2D eigenvalue weighted by molar-refractivity contribution is 0.0137. The van der Waals surface area contributed by atoms with E-state index in [1.54, 1.807) is 0 Å². The topological polar surface area (TPSA) is 99.9 Å². The summed E-state index contributed by atoms with van der Waals surface area (Å²) in [6.07, 6.45) is 5.27. The number of nitrogens with zero attached hydrogens (tertiary/aromatic N) is 5. The fraction of sp³-hybridized carbons (Fsp3) is 0.593. The molecule has 0 spiro atoms. The maximum Gasteiger partial charge on any atom is 0.318 e. The molecule has 3 heterocycles. The smallest absolute Gasteiger partial charge is 0.318 e. The van der Waals surface area contributed by atoms with Crippen LogP contribution >= 0.6 is 0 Å². The molecule has 2 aromatic rings. The normalized spacial score (nSPS) is 22.8. The van der Waals surface area contributed by atoms with Gasteiger partial charge in [0.25, 0.3) is 0 Å². The zero-order valence-corrected chi connectivity index (χ0v) is 21.6. The van der Waals surface area contributed by atoms with Crippen molar-refractivity contribution in [2.24, 2.45) is 0 Å². The molecule has 2 aliphatic heterocycles. The number of hydrogen-bond acceptors (Lipinski definition) is 7. The van der Waals surface area contributed by atoms with Gasteiger partial charge in [-0.25, -0.2) is 9.78 Å². The summed E-state index contributed by atoms with van der Waals surface area (Å²) in [5, 5.41) is 3.27. The Morgan fingerprint density at radius 1 is 1.08 bits per heavy atom. The number of ether oxygens (including phenoxy) is 1. The largest absolute Gasteiger partial charge is 0.376 e. The van der Waals surface area contributed by atoms with Crippen LogP contribution in [0.3, 0.4) is 0 Å². The third-order valence-electron chi connectivity index (χ3n) is 7.75. The first-order valence-corrected chi connectivity index (χ1v) is 13.4. The van der Waals surface area contributed by atoms with Crippen molar-refractivity contribution in [1.29, 1.82) is 0 Å². The number of amides is 2. The van der Waals surface area contributed by atoms with Crippen molar-refractivity contribution in [3.8, 4) is 11.3 Å². The molecule has 2 amide bonds. The van der Waals surface area contributed by atoms with Gasteiger partial charge >= 0.3 is 6.03 Å². The highest BCUT2D eigenvalue weighted by Crippen LogP contribution is 2.29. The van der Waals surface area contributed by atoms with E-state index in [0.717, 1.165) is 81.0 Å². The van der Waals surface area contributed by atoms with Crippen molar-refractivity contribution in [3.05, 3.63) is 35.4 Å². The number of anilines is 2. The minimum absolute atomic E-state index is 0.00582. The molecule has 2 unspecified atom stereocenters. The zero-order chi connectivity index (χ0) is 25.1. The van der Waals surface area contributed by atoms with Crippen LogP contribution in [0.25, 0.3) is 11.3 Å². The van der Waals surface area contributed by atoms with Crippen LogP contribution in [0, 0.1) is 0 Å². The van der Waals surface area contributed by atoms with E-state index in [1.165, 1.54) is 12.0 Å². The predicted octanol–water partition coefficient (Wildman–Crippen LogP) is 2.89. The van der Waals surface area contributed by atoms with Crippen LogP contribution in [0.1, 0.15) is 43.7 Å². The first-order valence-electron chi connectivity index (χ1n) is 13.4. The SMILES string of the molecule is CCOC1CCCCC1NC(=O)N1CCc2ccc(-c3cc(N4CCN(C)CC4)nc(N)n3)cc2C1. The molecule has 5 rings (SSSR count). The van der Waals surface area contributed by atoms with Gasteiger partial charge in [0, 0.05) is 57.5 Å². The Labute approximate surface area is 214 Å². The lowest BCUT2D eigenvalue weighted by Gasteiger charge is -2.35. The van der Waals surface area contributed by atoms with E-state index in [9.17, 15) is 4.79 Å². The molecule has 194 valence electrons. The van der Waals surface area contributed by atoms with Gasteiger partial charge in [-0.2, -0.15) is 4.98 Å². The molecule has 1 aromatic heterocycles. The minimum Gasteiger partial charge on any atom is -0.376 e. The molecular weight excluding hydrogens is 454 g/mol. The quantitative estimate of drug-likeness (QED) is 0.661. The number of carbonyl (C=O) groups is 1. The van der Waals surface area contributed by atoms with Gasteiger partial charge in [0.1, 0.15) is 5.82 Å². The summed E-state index contributed by atoms with van der Waals surface area (Å²) >= 11 is 0. The number of nitrogens with one attached hydrogen (secondary N) is 1. The molecule has 2 fully saturated rings. The molecule has 0 radical (unpaired) electrons. The molecule has 1 aromatic carbocycles. The minimum atomic E-state index is 0.00582. The molecule has 9 heteroatoms. The number of nitrogen functional groups attached to an aromatic ring is 1. The molecular formula is C27H39N7O2. The Bertz CT molecular complexity index is 1070. The monoisotopic (exact) mass is 493 g/mol. The Kier molecular flexibility index (Phi) is 7.57. The van der Waals surface area contributed by atoms with Gasteiger partial charge in [-0.1, -0.05) is 25.0 Å². The van der Waals surface area contributed by atoms with Crippen LogP contribution in [0.15, 0.2) is 24.3 Å². The van der Waals surface area contributed by atoms with Crippen LogP contribution in [0.2, 0.25) is 0 Å². The zero-order valence-electron chi connectivity index (χ0n) is 21.6. The Balaban J connectivity index is 1.30. The summed E-state index contributed by atoms with van der Waals surface area (Å²) < 4.78 is 5.91. The van der Waals surface area contributed by atoms with Gasteiger partial charge in [0.15, 0.2) is 0 Å². The number of piperazine rings is 1. The molecule has 36 heavy (non-hydrogen) atoms. The fourth-order valence-corrected chi connectivity index (χ4v) is 5.61. The lowest BCUT2D eigenvalue weighted by Crippen LogP contribution is -2.52. The third kappa shape index (κ3) is 5.57. The predicted molar refractivity (Wildman–Crippen MR) is 142 cm³/mol. The van der Waals surface area contributed by atoms with Gasteiger partial charge in [-0.15, -0.1) is 0 Å². The van der Waals surface area contributed by atoms with E-state index in [4.69, 9.17) is 10.5 Å². The maximum atomic E-state index is 13.2. The second kappa shape index (κ2) is 11.0. The van der Waals surface area contributed by atoms with E-state index in [-0.39, 0.29) is 24.1 Å². The summed E-state index contributed by atoms with van der Waals surface area (Å²) in [6.45, 7) is 7.86. The van der Waals surface area contributed by atoms with Gasteiger partial charge in [-0.05, 0) is 50.4 Å². The number of fused-ring (bicyclic) bond motifs is 1. The van der Waals surface area contributed by atoms with Crippen LogP contribution in [0.4, 0.5) is 16.6 Å². The van der Waals surface area contributed by atoms with E-state index < -0.39 is 0 Å². The average molecular weight is 494 g/mol. The van der Waals surface area contributed by atoms with Gasteiger partial charge in [0.05, 0.1) is 17.8 Å². The van der Waals surface area contributed by atoms with E-state index in [0.29, 0.717) is 13.2 Å². The molecule has 1 saturated heterocycles. The molecule has 1 aliphatic carbocycles. The number of likely N-dealkylation sites (N-methyl/N-ethyl adjacent to an activating group) is 1. The van der Waals surface area contributed by atoms with Crippen molar-refractivity contribution in [1.82, 2.24) is 25.1 Å². The number of carbonyl (C=O) groups excluding carboxylic acids is 1. The molecule has 9 nitrogen and oxygen atoms in total. The number of urea groups is 1. The lowest BCUT2D eigenvalue weighted by atomic mass is 9.92. The van der Waals surface area contributed by atoms with Crippen molar-refractivity contribution in [2.75, 3.05) is 57.0 Å². The highest BCUT2D eigenvalue weighted by molar-refractivity contribution is 5.75. The Morgan fingerprint density at radius 3 is 2.69 bits per heavy atom. The second-order valence-electron chi connectivity index (χ2n) is 10.2. The summed E-state index contributed by atoms with van der Waals surface area (Å²) in [7, 11) is 2.14. The van der Waals surface area contributed by atoms with Gasteiger partial charge in [0.2, 0.25) is 5.95 Å². The summed E-state index contributed by atoms with van der Waals surface area (Å²) in [4.78, 5) is 28.7. The van der Waals surface area contributed by atoms with Crippen LogP contribution in [0.5, 0.6) is 0 Å². The average Bonchev–Trinajstić information content (AvgIpc) is 2.89. The van der Waals surface area contributed by atoms with Crippen molar-refractivity contribution < 1.29 is 9.53 Å².